The van der Waals surface area contributed by atoms with E-state index in [1.165, 1.54) is 36.0 Å². The van der Waals surface area contributed by atoms with Crippen molar-refractivity contribution in [3.05, 3.63) is 70.2 Å². The molecule has 3 rings (SSSR count). The van der Waals surface area contributed by atoms with Crippen LogP contribution in [0.4, 0.5) is 0 Å². The molecular weight excluding hydrogens is 266 g/mol. The Morgan fingerprint density at radius 2 is 1.50 bits per heavy atom. The SMILES string of the molecule is CNC(c1ccc(Cl)cc1)c1ccc(C2CCC2)cc1. The highest BCUT2D eigenvalue weighted by molar-refractivity contribution is 6.30. The second-order valence-corrected chi connectivity index (χ2v) is 6.00. The Kier molecular flexibility index (Phi) is 4.09. The molecule has 1 aliphatic carbocycles. The lowest BCUT2D eigenvalue weighted by Crippen LogP contribution is -2.17. The summed E-state index contributed by atoms with van der Waals surface area (Å²) in [5, 5.41) is 4.17. The lowest BCUT2D eigenvalue weighted by molar-refractivity contribution is 0.419. The predicted molar refractivity (Wildman–Crippen MR) is 85.4 cm³/mol. The van der Waals surface area contributed by atoms with E-state index in [1.54, 1.807) is 0 Å². The quantitative estimate of drug-likeness (QED) is 0.841. The van der Waals surface area contributed by atoms with Crippen molar-refractivity contribution in [3.63, 3.8) is 0 Å². The molecule has 2 aromatic rings. The van der Waals surface area contributed by atoms with Gasteiger partial charge < -0.3 is 5.32 Å². The van der Waals surface area contributed by atoms with Gasteiger partial charge in [0.1, 0.15) is 0 Å². The Morgan fingerprint density at radius 3 is 1.95 bits per heavy atom. The monoisotopic (exact) mass is 285 g/mol. The van der Waals surface area contributed by atoms with Crippen LogP contribution in [0.1, 0.15) is 47.9 Å². The van der Waals surface area contributed by atoms with Gasteiger partial charge in [-0.1, -0.05) is 54.4 Å². The first-order chi connectivity index (χ1) is 9.78. The number of benzene rings is 2. The van der Waals surface area contributed by atoms with Crippen LogP contribution in [-0.2, 0) is 0 Å². The van der Waals surface area contributed by atoms with Crippen molar-refractivity contribution in [1.29, 1.82) is 0 Å². The van der Waals surface area contributed by atoms with Crippen molar-refractivity contribution in [2.75, 3.05) is 7.05 Å². The lowest BCUT2D eigenvalue weighted by atomic mass is 9.79. The van der Waals surface area contributed by atoms with Gasteiger partial charge in [-0.05, 0) is 54.6 Å². The zero-order chi connectivity index (χ0) is 13.9. The Morgan fingerprint density at radius 1 is 0.950 bits per heavy atom. The highest BCUT2D eigenvalue weighted by Gasteiger charge is 2.19. The average Bonchev–Trinajstić information content (AvgIpc) is 2.42. The first kappa shape index (κ1) is 13.7. The summed E-state index contributed by atoms with van der Waals surface area (Å²) in [6, 6.07) is 17.4. The molecule has 1 N–H and O–H groups in total. The average molecular weight is 286 g/mol. The van der Waals surface area contributed by atoms with E-state index < -0.39 is 0 Å². The number of halogens is 1. The number of hydrogen-bond acceptors (Lipinski definition) is 1. The van der Waals surface area contributed by atoms with Crippen LogP contribution in [0.2, 0.25) is 5.02 Å². The molecule has 0 spiro atoms. The molecule has 0 heterocycles. The van der Waals surface area contributed by atoms with E-state index >= 15 is 0 Å². The first-order valence-electron chi connectivity index (χ1n) is 7.30. The fourth-order valence-corrected chi connectivity index (χ4v) is 3.01. The fraction of sp³-hybridized carbons (Fsp3) is 0.333. The Hall–Kier alpha value is -1.31. The molecule has 1 atom stereocenters. The van der Waals surface area contributed by atoms with E-state index in [2.05, 4.69) is 41.7 Å². The molecule has 1 nitrogen and oxygen atoms in total. The summed E-state index contributed by atoms with van der Waals surface area (Å²) in [6.07, 6.45) is 4.09. The van der Waals surface area contributed by atoms with Crippen LogP contribution in [0.5, 0.6) is 0 Å². The lowest BCUT2D eigenvalue weighted by Gasteiger charge is -2.26. The zero-order valence-electron chi connectivity index (χ0n) is 11.8. The van der Waals surface area contributed by atoms with Gasteiger partial charge in [-0.2, -0.15) is 0 Å². The molecule has 104 valence electrons. The fourth-order valence-electron chi connectivity index (χ4n) is 2.88. The summed E-state index contributed by atoms with van der Waals surface area (Å²) >= 11 is 5.96. The van der Waals surface area contributed by atoms with Gasteiger partial charge in [0.15, 0.2) is 0 Å². The minimum absolute atomic E-state index is 0.225. The van der Waals surface area contributed by atoms with Crippen LogP contribution < -0.4 is 5.32 Å². The minimum atomic E-state index is 0.225. The normalized spacial score (nSPS) is 16.7. The van der Waals surface area contributed by atoms with Crippen LogP contribution in [-0.4, -0.2) is 7.05 Å². The molecule has 0 aromatic heterocycles. The topological polar surface area (TPSA) is 12.0 Å². The van der Waals surface area contributed by atoms with Crippen LogP contribution in [0.25, 0.3) is 0 Å². The van der Waals surface area contributed by atoms with E-state index in [1.807, 2.05) is 19.2 Å². The highest BCUT2D eigenvalue weighted by Crippen LogP contribution is 2.36. The largest absolute Gasteiger partial charge is 0.309 e. The number of rotatable bonds is 4. The minimum Gasteiger partial charge on any atom is -0.309 e. The molecule has 1 fully saturated rings. The van der Waals surface area contributed by atoms with Crippen molar-refractivity contribution in [1.82, 2.24) is 5.32 Å². The second kappa shape index (κ2) is 5.99. The van der Waals surface area contributed by atoms with Gasteiger partial charge in [-0.3, -0.25) is 0 Å². The summed E-state index contributed by atoms with van der Waals surface area (Å²) in [5.74, 6) is 0.799. The smallest absolute Gasteiger partial charge is 0.0574 e. The van der Waals surface area contributed by atoms with Crippen LogP contribution >= 0.6 is 11.6 Å². The van der Waals surface area contributed by atoms with Crippen LogP contribution in [0.15, 0.2) is 48.5 Å². The Bertz CT molecular complexity index is 555. The standard InChI is InChI=1S/C18H20ClN/c1-20-18(16-9-11-17(19)12-10-16)15-7-5-14(6-8-15)13-3-2-4-13/h5-13,18,20H,2-4H2,1H3. The Labute approximate surface area is 126 Å². The molecule has 0 radical (unpaired) electrons. The van der Waals surface area contributed by atoms with Crippen molar-refractivity contribution in [2.45, 2.75) is 31.2 Å². The second-order valence-electron chi connectivity index (χ2n) is 5.57. The molecule has 0 saturated heterocycles. The van der Waals surface area contributed by atoms with E-state index in [0.29, 0.717) is 0 Å². The maximum atomic E-state index is 5.96. The van der Waals surface area contributed by atoms with Crippen molar-refractivity contribution in [3.8, 4) is 0 Å². The summed E-state index contributed by atoms with van der Waals surface area (Å²) in [4.78, 5) is 0. The van der Waals surface area contributed by atoms with Gasteiger partial charge >= 0.3 is 0 Å². The molecule has 20 heavy (non-hydrogen) atoms. The van der Waals surface area contributed by atoms with E-state index in [4.69, 9.17) is 11.6 Å². The maximum absolute atomic E-state index is 5.96. The molecule has 0 amide bonds. The summed E-state index contributed by atoms with van der Waals surface area (Å²) < 4.78 is 0. The third-order valence-corrected chi connectivity index (χ3v) is 4.59. The van der Waals surface area contributed by atoms with E-state index in [-0.39, 0.29) is 6.04 Å². The molecule has 1 unspecified atom stereocenters. The van der Waals surface area contributed by atoms with Crippen molar-refractivity contribution >= 4 is 11.6 Å². The van der Waals surface area contributed by atoms with E-state index in [9.17, 15) is 0 Å². The summed E-state index contributed by atoms with van der Waals surface area (Å²) in [6.45, 7) is 0. The number of nitrogens with one attached hydrogen (secondary N) is 1. The van der Waals surface area contributed by atoms with Gasteiger partial charge in [0.25, 0.3) is 0 Å². The summed E-state index contributed by atoms with van der Waals surface area (Å²) in [7, 11) is 2.00. The molecule has 0 aliphatic heterocycles. The molecule has 1 aliphatic rings. The molecular formula is C18H20ClN. The molecule has 0 bridgehead atoms. The van der Waals surface area contributed by atoms with Gasteiger partial charge in [-0.25, -0.2) is 0 Å². The highest BCUT2D eigenvalue weighted by atomic mass is 35.5. The number of hydrogen-bond donors (Lipinski definition) is 1. The zero-order valence-corrected chi connectivity index (χ0v) is 12.5. The molecule has 2 aromatic carbocycles. The summed E-state index contributed by atoms with van der Waals surface area (Å²) in [5.41, 5.74) is 4.04. The maximum Gasteiger partial charge on any atom is 0.0574 e. The van der Waals surface area contributed by atoms with Gasteiger partial charge in [0.2, 0.25) is 0 Å². The van der Waals surface area contributed by atoms with Crippen LogP contribution in [0, 0.1) is 0 Å². The molecule has 1 saturated carbocycles. The van der Waals surface area contributed by atoms with E-state index in [0.717, 1.165) is 10.9 Å². The van der Waals surface area contributed by atoms with Crippen molar-refractivity contribution in [2.24, 2.45) is 0 Å². The predicted octanol–water partition coefficient (Wildman–Crippen LogP) is 4.92. The Balaban J connectivity index is 1.83. The third kappa shape index (κ3) is 2.74. The van der Waals surface area contributed by atoms with Gasteiger partial charge in [-0.15, -0.1) is 0 Å². The van der Waals surface area contributed by atoms with Crippen molar-refractivity contribution < 1.29 is 0 Å². The van der Waals surface area contributed by atoms with Gasteiger partial charge in [0.05, 0.1) is 6.04 Å². The van der Waals surface area contributed by atoms with Crippen LogP contribution in [0.3, 0.4) is 0 Å². The van der Waals surface area contributed by atoms with Gasteiger partial charge in [0, 0.05) is 5.02 Å². The first-order valence-corrected chi connectivity index (χ1v) is 7.68. The molecule has 2 heteroatoms. The third-order valence-electron chi connectivity index (χ3n) is 4.34.